The van der Waals surface area contributed by atoms with Crippen LogP contribution in [0.4, 0.5) is 0 Å². The van der Waals surface area contributed by atoms with Crippen molar-refractivity contribution in [1.82, 2.24) is 20.6 Å². The number of hydrogen-bond donors (Lipinski definition) is 3. The van der Waals surface area contributed by atoms with Gasteiger partial charge >= 0.3 is 0 Å². The van der Waals surface area contributed by atoms with Gasteiger partial charge in [-0.15, -0.1) is 0 Å². The van der Waals surface area contributed by atoms with Crippen LogP contribution in [0.3, 0.4) is 0 Å². The van der Waals surface area contributed by atoms with Crippen LogP contribution in [0.25, 0.3) is 22.4 Å². The van der Waals surface area contributed by atoms with Gasteiger partial charge in [0.15, 0.2) is 0 Å². The highest BCUT2D eigenvalue weighted by Gasteiger charge is 2.38. The first-order valence-corrected chi connectivity index (χ1v) is 11.9. The summed E-state index contributed by atoms with van der Waals surface area (Å²) < 4.78 is 5.88. The van der Waals surface area contributed by atoms with Crippen molar-refractivity contribution in [3.05, 3.63) is 45.9 Å². The molecule has 3 N–H and O–H groups in total. The Balaban J connectivity index is 1.61. The average Bonchev–Trinajstić information content (AvgIpc) is 3.08. The van der Waals surface area contributed by atoms with Crippen molar-refractivity contribution in [3.8, 4) is 17.1 Å². The van der Waals surface area contributed by atoms with Crippen molar-refractivity contribution in [2.75, 3.05) is 6.61 Å². The summed E-state index contributed by atoms with van der Waals surface area (Å²) in [5.41, 5.74) is 2.71. The second-order valence-corrected chi connectivity index (χ2v) is 10.8. The van der Waals surface area contributed by atoms with Crippen molar-refractivity contribution < 1.29 is 9.53 Å². The first-order chi connectivity index (χ1) is 15.5. The molecule has 1 amide bonds. The minimum absolute atomic E-state index is 0.0485. The summed E-state index contributed by atoms with van der Waals surface area (Å²) in [7, 11) is 0. The molecule has 6 nitrogen and oxygen atoms in total. The molecule has 0 spiro atoms. The lowest BCUT2D eigenvalue weighted by Crippen LogP contribution is -2.62. The molecule has 2 aromatic carbocycles. The maximum Gasteiger partial charge on any atom is 0.251 e. The number of ether oxygens (including phenoxy) is 1. The number of aromatic amines is 1. The molecule has 33 heavy (non-hydrogen) atoms. The quantitative estimate of drug-likeness (QED) is 0.412. The van der Waals surface area contributed by atoms with Crippen LogP contribution in [-0.2, 0) is 0 Å². The van der Waals surface area contributed by atoms with E-state index in [1.165, 1.54) is 0 Å². The molecule has 0 bridgehead atoms. The number of rotatable bonds is 5. The van der Waals surface area contributed by atoms with E-state index in [-0.39, 0.29) is 23.0 Å². The highest BCUT2D eigenvalue weighted by molar-refractivity contribution is 6.42. The van der Waals surface area contributed by atoms with Crippen LogP contribution in [-0.4, -0.2) is 39.6 Å². The van der Waals surface area contributed by atoms with E-state index in [0.29, 0.717) is 39.3 Å². The van der Waals surface area contributed by atoms with Gasteiger partial charge in [-0.2, -0.15) is 0 Å². The zero-order valence-corrected chi connectivity index (χ0v) is 21.1. The van der Waals surface area contributed by atoms with Gasteiger partial charge in [0.2, 0.25) is 0 Å². The van der Waals surface area contributed by atoms with Gasteiger partial charge in [-0.25, -0.2) is 4.98 Å². The minimum Gasteiger partial charge on any atom is -0.493 e. The molecule has 1 aliphatic rings. The van der Waals surface area contributed by atoms with Crippen LogP contribution in [0.2, 0.25) is 10.0 Å². The Kier molecular flexibility index (Phi) is 6.38. The zero-order valence-electron chi connectivity index (χ0n) is 19.6. The Morgan fingerprint density at radius 1 is 1.12 bits per heavy atom. The molecule has 1 fully saturated rings. The van der Waals surface area contributed by atoms with Crippen molar-refractivity contribution in [2.45, 2.75) is 64.6 Å². The summed E-state index contributed by atoms with van der Waals surface area (Å²) in [4.78, 5) is 21.0. The van der Waals surface area contributed by atoms with Gasteiger partial charge in [0.25, 0.3) is 5.91 Å². The molecule has 1 aliphatic heterocycles. The number of carbonyl (C=O) groups excluding carboxylic acids is 1. The second kappa shape index (κ2) is 8.82. The lowest BCUT2D eigenvalue weighted by Gasteiger charge is -2.46. The molecule has 8 heteroatoms. The third kappa shape index (κ3) is 5.29. The zero-order chi connectivity index (χ0) is 24.0. The smallest absolute Gasteiger partial charge is 0.251 e. The van der Waals surface area contributed by atoms with Crippen LogP contribution < -0.4 is 15.4 Å². The van der Waals surface area contributed by atoms with Gasteiger partial charge in [0, 0.05) is 22.7 Å². The van der Waals surface area contributed by atoms with E-state index in [4.69, 9.17) is 27.9 Å². The van der Waals surface area contributed by atoms with Crippen LogP contribution in [0.1, 0.15) is 57.8 Å². The number of nitrogens with one attached hydrogen (secondary N) is 3. The third-order valence-corrected chi connectivity index (χ3v) is 6.57. The first kappa shape index (κ1) is 23.9. The molecule has 0 radical (unpaired) electrons. The van der Waals surface area contributed by atoms with E-state index in [0.717, 1.165) is 23.9 Å². The predicted molar refractivity (Wildman–Crippen MR) is 135 cm³/mol. The summed E-state index contributed by atoms with van der Waals surface area (Å²) in [5.74, 6) is 1.11. The molecule has 3 aromatic rings. The van der Waals surface area contributed by atoms with Crippen LogP contribution in [0.5, 0.6) is 5.75 Å². The highest BCUT2D eigenvalue weighted by atomic mass is 35.5. The summed E-state index contributed by atoms with van der Waals surface area (Å²) in [6.45, 7) is 11.1. The molecule has 0 atom stereocenters. The number of piperidine rings is 1. The van der Waals surface area contributed by atoms with E-state index in [9.17, 15) is 4.79 Å². The largest absolute Gasteiger partial charge is 0.493 e. The summed E-state index contributed by atoms with van der Waals surface area (Å²) in [5, 5.41) is 7.77. The number of fused-ring (bicyclic) bond motifs is 1. The second-order valence-electron chi connectivity index (χ2n) is 9.98. The van der Waals surface area contributed by atoms with Gasteiger partial charge in [-0.05, 0) is 77.8 Å². The Bertz CT molecular complexity index is 1150. The number of halogens is 2. The van der Waals surface area contributed by atoms with Gasteiger partial charge in [-0.3, -0.25) is 4.79 Å². The van der Waals surface area contributed by atoms with Crippen molar-refractivity contribution in [1.29, 1.82) is 0 Å². The number of carbonyl (C=O) groups is 1. The third-order valence-electron chi connectivity index (χ3n) is 5.85. The SMILES string of the molecule is CCOc1cc(C(=O)NC2CC(C)(C)NC(C)(C)C2)ccc1-c1nc2cc(Cl)c(Cl)cc2[nH]1. The molecule has 1 saturated heterocycles. The molecule has 2 heterocycles. The van der Waals surface area contributed by atoms with Gasteiger partial charge in [0.1, 0.15) is 11.6 Å². The van der Waals surface area contributed by atoms with Crippen LogP contribution >= 0.6 is 23.2 Å². The maximum absolute atomic E-state index is 13.1. The topological polar surface area (TPSA) is 79.0 Å². The number of benzene rings is 2. The molecular formula is C25H30Cl2N4O2. The maximum atomic E-state index is 13.1. The average molecular weight is 489 g/mol. The Labute approximate surface area is 204 Å². The van der Waals surface area contributed by atoms with E-state index in [1.807, 2.05) is 13.0 Å². The molecule has 0 aliphatic carbocycles. The fourth-order valence-electron chi connectivity index (χ4n) is 4.96. The normalized spacial score (nSPS) is 17.8. The minimum atomic E-state index is -0.107. The molecule has 1 aromatic heterocycles. The summed E-state index contributed by atoms with van der Waals surface area (Å²) in [6, 6.07) is 9.00. The lowest BCUT2D eigenvalue weighted by atomic mass is 9.79. The fraction of sp³-hybridized carbons (Fsp3) is 0.440. The monoisotopic (exact) mass is 488 g/mol. The molecule has 0 unspecified atom stereocenters. The fourth-order valence-corrected chi connectivity index (χ4v) is 5.28. The number of aromatic nitrogens is 2. The van der Waals surface area contributed by atoms with Crippen molar-refractivity contribution in [3.63, 3.8) is 0 Å². The van der Waals surface area contributed by atoms with E-state index < -0.39 is 0 Å². The summed E-state index contributed by atoms with van der Waals surface area (Å²) >= 11 is 12.3. The van der Waals surface area contributed by atoms with Gasteiger partial charge in [0.05, 0.1) is 33.2 Å². The molecule has 4 rings (SSSR count). The number of H-pyrrole nitrogens is 1. The number of nitrogens with zero attached hydrogens (tertiary/aromatic N) is 1. The summed E-state index contributed by atoms with van der Waals surface area (Å²) in [6.07, 6.45) is 1.73. The molecule has 0 saturated carbocycles. The van der Waals surface area contributed by atoms with Crippen molar-refractivity contribution in [2.24, 2.45) is 0 Å². The van der Waals surface area contributed by atoms with Crippen LogP contribution in [0, 0.1) is 0 Å². The number of imidazole rings is 1. The van der Waals surface area contributed by atoms with E-state index >= 15 is 0 Å². The van der Waals surface area contributed by atoms with Gasteiger partial charge in [-0.1, -0.05) is 23.2 Å². The van der Waals surface area contributed by atoms with Crippen LogP contribution in [0.15, 0.2) is 30.3 Å². The number of amides is 1. The van der Waals surface area contributed by atoms with Crippen molar-refractivity contribution >= 4 is 40.1 Å². The predicted octanol–water partition coefficient (Wildman–Crippen LogP) is 5.97. The lowest BCUT2D eigenvalue weighted by molar-refractivity contribution is 0.0872. The van der Waals surface area contributed by atoms with E-state index in [1.54, 1.807) is 24.3 Å². The Morgan fingerprint density at radius 2 is 1.79 bits per heavy atom. The van der Waals surface area contributed by atoms with E-state index in [2.05, 4.69) is 48.3 Å². The van der Waals surface area contributed by atoms with Gasteiger partial charge < -0.3 is 20.4 Å². The molecule has 176 valence electrons. The molecular weight excluding hydrogens is 459 g/mol. The highest BCUT2D eigenvalue weighted by Crippen LogP contribution is 2.34. The standard InChI is InChI=1S/C25H30Cl2N4O2/c1-6-33-21-9-14(23(32)28-15-12-24(2,3)31-25(4,5)13-15)7-8-16(21)22-29-19-10-17(26)18(27)11-20(19)30-22/h7-11,15,31H,6,12-13H2,1-5H3,(H,28,32)(H,29,30). The Morgan fingerprint density at radius 3 is 2.45 bits per heavy atom. The Hall–Kier alpha value is -2.28. The first-order valence-electron chi connectivity index (χ1n) is 11.2. The number of hydrogen-bond acceptors (Lipinski definition) is 4.